The average molecular weight is 851 g/mol. The Bertz CT molecular complexity index is 4040. The summed E-state index contributed by atoms with van der Waals surface area (Å²) in [7, 11) is 0. The maximum atomic E-state index is 2.54. The Labute approximate surface area is 388 Å². The van der Waals surface area contributed by atoms with E-state index in [1.165, 1.54) is 116 Å². The maximum absolute atomic E-state index is 2.54. The predicted molar refractivity (Wildman–Crippen MR) is 281 cm³/mol. The topological polar surface area (TPSA) is 9.86 Å². The second-order valence-corrected chi connectivity index (χ2v) is 18.0. The number of benzene rings is 11. The second-order valence-electron chi connectivity index (χ2n) is 18.0. The molecule has 0 fully saturated rings. The van der Waals surface area contributed by atoms with Crippen LogP contribution < -0.4 is 0 Å². The van der Waals surface area contributed by atoms with Crippen molar-refractivity contribution in [1.29, 1.82) is 0 Å². The van der Waals surface area contributed by atoms with Gasteiger partial charge in [0.2, 0.25) is 0 Å². The molecule has 0 N–H and O–H groups in total. The van der Waals surface area contributed by atoms with Crippen LogP contribution in [0.4, 0.5) is 0 Å². The molecular formula is C65H42N2. The zero-order chi connectivity index (χ0) is 44.1. The van der Waals surface area contributed by atoms with Crippen molar-refractivity contribution in [3.05, 3.63) is 277 Å². The summed E-state index contributed by atoms with van der Waals surface area (Å²) in [6.45, 7) is 0. The lowest BCUT2D eigenvalue weighted by molar-refractivity contribution is 0.769. The van der Waals surface area contributed by atoms with Gasteiger partial charge in [0.15, 0.2) is 0 Å². The molecule has 14 rings (SSSR count). The molecule has 0 amide bonds. The van der Waals surface area contributed by atoms with Crippen LogP contribution in [0.25, 0.3) is 99.1 Å². The highest BCUT2D eigenvalue weighted by atomic mass is 15.0. The number of hydrogen-bond donors (Lipinski definition) is 0. The van der Waals surface area contributed by atoms with Crippen molar-refractivity contribution >= 4 is 54.4 Å². The van der Waals surface area contributed by atoms with Crippen LogP contribution in [0.1, 0.15) is 22.3 Å². The molecule has 2 heterocycles. The van der Waals surface area contributed by atoms with E-state index in [1.807, 2.05) is 0 Å². The van der Waals surface area contributed by atoms with E-state index in [0.717, 1.165) is 5.69 Å². The van der Waals surface area contributed by atoms with Gasteiger partial charge in [0.25, 0.3) is 0 Å². The fourth-order valence-corrected chi connectivity index (χ4v) is 11.6. The molecule has 0 saturated heterocycles. The van der Waals surface area contributed by atoms with Crippen LogP contribution in [-0.4, -0.2) is 9.13 Å². The van der Waals surface area contributed by atoms with Crippen LogP contribution in [0.2, 0.25) is 0 Å². The predicted octanol–water partition coefficient (Wildman–Crippen LogP) is 16.7. The molecule has 0 aliphatic heterocycles. The van der Waals surface area contributed by atoms with Crippen molar-refractivity contribution in [3.63, 3.8) is 0 Å². The maximum Gasteiger partial charge on any atom is 0.0713 e. The molecule has 0 saturated carbocycles. The van der Waals surface area contributed by atoms with Gasteiger partial charge in [0.05, 0.1) is 27.5 Å². The normalized spacial score (nSPS) is 12.9. The standard InChI is InChI=1S/C65H42N2/c1-4-17-43(18-5-1)46-21-16-26-51(37-46)67-63-36-33-48(47-32-35-62-56(39-47)54-28-13-15-30-61(54)66(62)52-34-31-44-19-10-11-20-45(44)38-52)40-57(63)58-41-60-55(42-64(58)67)53-27-12-14-29-59(53)65(60,49-22-6-2-7-23-49)50-24-8-3-9-25-50/h1-42H. The number of nitrogens with zero attached hydrogens (tertiary/aromatic N) is 2. The van der Waals surface area contributed by atoms with Crippen LogP contribution in [-0.2, 0) is 5.41 Å². The molecule has 1 aliphatic carbocycles. The molecule has 2 nitrogen and oxygen atoms in total. The minimum absolute atomic E-state index is 0.508. The molecule has 67 heavy (non-hydrogen) atoms. The number of fused-ring (bicyclic) bond motifs is 10. The molecular weight excluding hydrogens is 809 g/mol. The number of para-hydroxylation sites is 1. The highest BCUT2D eigenvalue weighted by Gasteiger charge is 2.46. The fourth-order valence-electron chi connectivity index (χ4n) is 11.6. The second kappa shape index (κ2) is 14.7. The highest BCUT2D eigenvalue weighted by molar-refractivity contribution is 6.14. The van der Waals surface area contributed by atoms with Gasteiger partial charge in [0.1, 0.15) is 0 Å². The van der Waals surface area contributed by atoms with Crippen molar-refractivity contribution in [2.75, 3.05) is 0 Å². The molecule has 13 aromatic rings. The summed E-state index contributed by atoms with van der Waals surface area (Å²) in [5, 5.41) is 7.43. The lowest BCUT2D eigenvalue weighted by Crippen LogP contribution is -2.28. The molecule has 312 valence electrons. The van der Waals surface area contributed by atoms with E-state index in [9.17, 15) is 0 Å². The Morgan fingerprint density at radius 2 is 0.791 bits per heavy atom. The summed E-state index contributed by atoms with van der Waals surface area (Å²) >= 11 is 0. The first kappa shape index (κ1) is 37.6. The third-order valence-corrected chi connectivity index (χ3v) is 14.6. The van der Waals surface area contributed by atoms with Gasteiger partial charge < -0.3 is 9.13 Å². The monoisotopic (exact) mass is 850 g/mol. The van der Waals surface area contributed by atoms with Crippen molar-refractivity contribution in [3.8, 4) is 44.8 Å². The minimum Gasteiger partial charge on any atom is -0.309 e. The zero-order valence-electron chi connectivity index (χ0n) is 36.6. The lowest BCUT2D eigenvalue weighted by Gasteiger charge is -2.34. The first-order valence-electron chi connectivity index (χ1n) is 23.2. The third-order valence-electron chi connectivity index (χ3n) is 14.6. The molecule has 0 unspecified atom stereocenters. The number of rotatable bonds is 6. The van der Waals surface area contributed by atoms with E-state index in [0.29, 0.717) is 0 Å². The van der Waals surface area contributed by atoms with Gasteiger partial charge in [-0.15, -0.1) is 0 Å². The van der Waals surface area contributed by atoms with E-state index in [-0.39, 0.29) is 0 Å². The van der Waals surface area contributed by atoms with E-state index in [2.05, 4.69) is 264 Å². The Balaban J connectivity index is 1.03. The van der Waals surface area contributed by atoms with Crippen molar-refractivity contribution in [1.82, 2.24) is 9.13 Å². The van der Waals surface area contributed by atoms with E-state index < -0.39 is 5.41 Å². The first-order chi connectivity index (χ1) is 33.2. The minimum atomic E-state index is -0.508. The highest BCUT2D eigenvalue weighted by Crippen LogP contribution is 2.57. The van der Waals surface area contributed by atoms with E-state index in [4.69, 9.17) is 0 Å². The Morgan fingerprint density at radius 3 is 1.54 bits per heavy atom. The Kier molecular flexibility index (Phi) is 8.23. The molecule has 1 aliphatic rings. The number of aromatic nitrogens is 2. The Hall–Kier alpha value is -8.72. The summed E-state index contributed by atoms with van der Waals surface area (Å²) in [5.41, 5.74) is 19.1. The third kappa shape index (κ3) is 5.57. The van der Waals surface area contributed by atoms with Gasteiger partial charge in [-0.3, -0.25) is 0 Å². The van der Waals surface area contributed by atoms with Gasteiger partial charge in [-0.05, 0) is 133 Å². The van der Waals surface area contributed by atoms with Gasteiger partial charge >= 0.3 is 0 Å². The van der Waals surface area contributed by atoms with Crippen LogP contribution in [0.5, 0.6) is 0 Å². The van der Waals surface area contributed by atoms with Crippen molar-refractivity contribution < 1.29 is 0 Å². The summed E-state index contributed by atoms with van der Waals surface area (Å²) in [6, 6.07) is 94.5. The molecule has 2 heteroatoms. The Morgan fingerprint density at radius 1 is 0.254 bits per heavy atom. The molecule has 11 aromatic carbocycles. The van der Waals surface area contributed by atoms with Gasteiger partial charge in [-0.1, -0.05) is 188 Å². The molecule has 2 aromatic heterocycles. The van der Waals surface area contributed by atoms with Crippen LogP contribution >= 0.6 is 0 Å². The first-order valence-corrected chi connectivity index (χ1v) is 23.2. The number of hydrogen-bond acceptors (Lipinski definition) is 0. The van der Waals surface area contributed by atoms with Gasteiger partial charge in [0, 0.05) is 32.9 Å². The fraction of sp³-hybridized carbons (Fsp3) is 0.0154. The summed E-state index contributed by atoms with van der Waals surface area (Å²) < 4.78 is 4.92. The van der Waals surface area contributed by atoms with E-state index in [1.54, 1.807) is 0 Å². The molecule has 0 radical (unpaired) electrons. The molecule has 0 atom stereocenters. The lowest BCUT2D eigenvalue weighted by atomic mass is 9.67. The molecule has 0 bridgehead atoms. The summed E-state index contributed by atoms with van der Waals surface area (Å²) in [4.78, 5) is 0. The average Bonchev–Trinajstić information content (AvgIpc) is 4.02. The van der Waals surface area contributed by atoms with Gasteiger partial charge in [-0.25, -0.2) is 0 Å². The smallest absolute Gasteiger partial charge is 0.0713 e. The quantitative estimate of drug-likeness (QED) is 0.158. The van der Waals surface area contributed by atoms with E-state index >= 15 is 0 Å². The summed E-state index contributed by atoms with van der Waals surface area (Å²) in [6.07, 6.45) is 0. The van der Waals surface area contributed by atoms with Crippen molar-refractivity contribution in [2.45, 2.75) is 5.41 Å². The zero-order valence-corrected chi connectivity index (χ0v) is 36.6. The SMILES string of the molecule is c1ccc(-c2cccc(-n3c4ccc(-c5ccc6c(c5)c5ccccc5n6-c5ccc6ccccc6c5)cc4c4cc5c(cc43)-c3ccccc3C5(c3ccccc3)c3ccccc3)c2)cc1. The largest absolute Gasteiger partial charge is 0.309 e. The van der Waals surface area contributed by atoms with Crippen LogP contribution in [0.3, 0.4) is 0 Å². The molecule has 0 spiro atoms. The summed E-state index contributed by atoms with van der Waals surface area (Å²) in [5.74, 6) is 0. The van der Waals surface area contributed by atoms with Crippen LogP contribution in [0, 0.1) is 0 Å². The van der Waals surface area contributed by atoms with Crippen LogP contribution in [0.15, 0.2) is 255 Å². The van der Waals surface area contributed by atoms with Gasteiger partial charge in [-0.2, -0.15) is 0 Å². The van der Waals surface area contributed by atoms with Crippen molar-refractivity contribution in [2.24, 2.45) is 0 Å².